The summed E-state index contributed by atoms with van der Waals surface area (Å²) in [5, 5.41) is 6.18. The Morgan fingerprint density at radius 1 is 1.03 bits per heavy atom. The zero-order chi connectivity index (χ0) is 23.8. The number of ether oxygens (including phenoxy) is 2. The summed E-state index contributed by atoms with van der Waals surface area (Å²) >= 11 is 0. The average Bonchev–Trinajstić information content (AvgIpc) is 3.17. The summed E-state index contributed by atoms with van der Waals surface area (Å²) in [7, 11) is 0. The van der Waals surface area contributed by atoms with Crippen LogP contribution in [0, 0.1) is 0 Å². The van der Waals surface area contributed by atoms with Crippen LogP contribution in [-0.4, -0.2) is 40.7 Å². The fraction of sp³-hybridized carbons (Fsp3) is 0.296. The van der Waals surface area contributed by atoms with Gasteiger partial charge >= 0.3 is 0 Å². The molecular weight excluding hydrogens is 430 g/mol. The number of benzene rings is 2. The van der Waals surface area contributed by atoms with Gasteiger partial charge in [-0.05, 0) is 57.5 Å². The fourth-order valence-electron chi connectivity index (χ4n) is 4.43. The lowest BCUT2D eigenvalue weighted by atomic mass is 10.1. The van der Waals surface area contributed by atoms with E-state index in [1.807, 2.05) is 56.3 Å². The molecule has 0 spiro atoms. The van der Waals surface area contributed by atoms with Crippen molar-refractivity contribution in [2.75, 3.05) is 13.2 Å². The summed E-state index contributed by atoms with van der Waals surface area (Å²) in [4.78, 5) is 30.4. The molecule has 0 saturated carbocycles. The number of hydrogen-bond donors (Lipinski definition) is 1. The van der Waals surface area contributed by atoms with Gasteiger partial charge in [0.25, 0.3) is 11.5 Å². The van der Waals surface area contributed by atoms with E-state index in [0.717, 1.165) is 39.1 Å². The smallest absolute Gasteiger partial charge is 0.263 e. The molecule has 7 nitrogen and oxygen atoms in total. The first kappa shape index (κ1) is 22.1. The number of rotatable bonds is 8. The van der Waals surface area contributed by atoms with Crippen LogP contribution in [0.5, 0.6) is 5.75 Å². The number of hydrogen-bond acceptors (Lipinski definition) is 5. The van der Waals surface area contributed by atoms with E-state index in [1.54, 1.807) is 23.6 Å². The van der Waals surface area contributed by atoms with E-state index in [2.05, 4.69) is 10.3 Å². The molecule has 1 amide bonds. The van der Waals surface area contributed by atoms with Gasteiger partial charge in [-0.25, -0.2) is 0 Å². The molecule has 174 valence electrons. The number of amides is 1. The molecule has 0 saturated heterocycles. The third-order valence-electron chi connectivity index (χ3n) is 6.02. The van der Waals surface area contributed by atoms with Crippen LogP contribution in [0.15, 0.2) is 59.5 Å². The topological polar surface area (TPSA) is 81.9 Å². The van der Waals surface area contributed by atoms with Gasteiger partial charge in [0.1, 0.15) is 5.75 Å². The highest BCUT2D eigenvalue weighted by Crippen LogP contribution is 2.34. The van der Waals surface area contributed by atoms with Crippen LogP contribution < -0.4 is 15.6 Å². The molecular formula is C27H27N3O4. The average molecular weight is 458 g/mol. The van der Waals surface area contributed by atoms with Crippen molar-refractivity contribution < 1.29 is 14.3 Å². The molecule has 34 heavy (non-hydrogen) atoms. The molecule has 7 heteroatoms. The molecule has 0 aliphatic rings. The maximum atomic E-state index is 13.3. The van der Waals surface area contributed by atoms with Gasteiger partial charge in [0.15, 0.2) is 6.10 Å². The summed E-state index contributed by atoms with van der Waals surface area (Å²) in [6.07, 6.45) is 2.03. The van der Waals surface area contributed by atoms with Crippen molar-refractivity contribution in [2.45, 2.75) is 39.4 Å². The van der Waals surface area contributed by atoms with E-state index in [9.17, 15) is 9.59 Å². The first-order valence-corrected chi connectivity index (χ1v) is 11.6. The maximum Gasteiger partial charge on any atom is 0.263 e. The normalized spacial score (nSPS) is 12.8. The van der Waals surface area contributed by atoms with Gasteiger partial charge in [0, 0.05) is 40.9 Å². The van der Waals surface area contributed by atoms with E-state index in [-0.39, 0.29) is 17.6 Å². The Labute approximate surface area is 196 Å². The van der Waals surface area contributed by atoms with Gasteiger partial charge in [-0.1, -0.05) is 18.2 Å². The zero-order valence-corrected chi connectivity index (χ0v) is 19.5. The SMILES string of the molecule is CC(C)OCCCNC(=O)[C@H](C)Oc1ccc2c(c1)c1ccnc3c4ccccc4c(=O)n2c13. The minimum absolute atomic E-state index is 0.0704. The number of pyridine rings is 2. The molecule has 0 fully saturated rings. The van der Waals surface area contributed by atoms with Crippen molar-refractivity contribution in [3.05, 3.63) is 65.1 Å². The van der Waals surface area contributed by atoms with E-state index in [4.69, 9.17) is 9.47 Å². The predicted octanol–water partition coefficient (Wildman–Crippen LogP) is 4.29. The zero-order valence-electron chi connectivity index (χ0n) is 19.5. The standard InChI is InChI=1S/C27H27N3O4/c1-16(2)33-14-6-12-29-26(31)17(3)34-18-9-10-23-22(15-18)20-11-13-28-24-19-7-4-5-8-21(19)27(32)30(23)25(20)24/h4-5,7-11,13,15-17H,6,12,14H2,1-3H3,(H,29,31)/t17-/m0/s1. The van der Waals surface area contributed by atoms with Crippen molar-refractivity contribution in [1.29, 1.82) is 0 Å². The molecule has 0 aliphatic carbocycles. The van der Waals surface area contributed by atoms with Crippen molar-refractivity contribution in [2.24, 2.45) is 0 Å². The van der Waals surface area contributed by atoms with E-state index >= 15 is 0 Å². The molecule has 3 heterocycles. The van der Waals surface area contributed by atoms with Crippen molar-refractivity contribution in [3.63, 3.8) is 0 Å². The molecule has 5 aromatic rings. The Hall–Kier alpha value is -3.71. The number of nitrogens with one attached hydrogen (secondary N) is 1. The Morgan fingerprint density at radius 3 is 2.62 bits per heavy atom. The second-order valence-corrected chi connectivity index (χ2v) is 8.75. The van der Waals surface area contributed by atoms with Crippen molar-refractivity contribution >= 4 is 44.0 Å². The summed E-state index contributed by atoms with van der Waals surface area (Å²) in [5.74, 6) is 0.391. The molecule has 1 N–H and O–H groups in total. The van der Waals surface area contributed by atoms with Gasteiger partial charge in [-0.3, -0.25) is 19.0 Å². The van der Waals surface area contributed by atoms with Crippen molar-refractivity contribution in [3.8, 4) is 5.75 Å². The highest BCUT2D eigenvalue weighted by atomic mass is 16.5. The lowest BCUT2D eigenvalue weighted by molar-refractivity contribution is -0.127. The number of carbonyl (C=O) groups excluding carboxylic acids is 1. The molecule has 0 unspecified atom stereocenters. The van der Waals surface area contributed by atoms with Crippen LogP contribution in [0.1, 0.15) is 27.2 Å². The molecule has 2 aromatic carbocycles. The highest BCUT2D eigenvalue weighted by Gasteiger charge is 2.19. The Balaban J connectivity index is 1.45. The van der Waals surface area contributed by atoms with Crippen LogP contribution in [0.2, 0.25) is 0 Å². The Bertz CT molecular complexity index is 1560. The van der Waals surface area contributed by atoms with Gasteiger partial charge in [-0.2, -0.15) is 0 Å². The van der Waals surface area contributed by atoms with Crippen LogP contribution in [0.4, 0.5) is 0 Å². The molecule has 0 bridgehead atoms. The first-order valence-electron chi connectivity index (χ1n) is 11.6. The summed E-state index contributed by atoms with van der Waals surface area (Å²) in [6.45, 7) is 6.83. The predicted molar refractivity (Wildman–Crippen MR) is 134 cm³/mol. The van der Waals surface area contributed by atoms with Crippen LogP contribution in [-0.2, 0) is 9.53 Å². The second-order valence-electron chi connectivity index (χ2n) is 8.75. The number of nitrogens with zero attached hydrogens (tertiary/aromatic N) is 2. The maximum absolute atomic E-state index is 13.3. The molecule has 3 aromatic heterocycles. The van der Waals surface area contributed by atoms with E-state index < -0.39 is 6.10 Å². The highest BCUT2D eigenvalue weighted by molar-refractivity contribution is 6.18. The summed E-state index contributed by atoms with van der Waals surface area (Å²) in [6, 6.07) is 15.0. The summed E-state index contributed by atoms with van der Waals surface area (Å²) < 4.78 is 13.2. The second kappa shape index (κ2) is 8.91. The van der Waals surface area contributed by atoms with Crippen LogP contribution in [0.3, 0.4) is 0 Å². The summed E-state index contributed by atoms with van der Waals surface area (Å²) in [5.41, 5.74) is 2.31. The monoisotopic (exact) mass is 457 g/mol. The molecule has 0 radical (unpaired) electrons. The third-order valence-corrected chi connectivity index (χ3v) is 6.02. The quantitative estimate of drug-likeness (QED) is 0.278. The number of fused-ring (bicyclic) bond motifs is 5. The van der Waals surface area contributed by atoms with Crippen LogP contribution >= 0.6 is 0 Å². The number of aromatic nitrogens is 2. The van der Waals surface area contributed by atoms with E-state index in [0.29, 0.717) is 24.3 Å². The fourth-order valence-corrected chi connectivity index (χ4v) is 4.43. The molecule has 5 rings (SSSR count). The largest absolute Gasteiger partial charge is 0.481 e. The molecule has 1 atom stereocenters. The van der Waals surface area contributed by atoms with Crippen molar-refractivity contribution in [1.82, 2.24) is 14.7 Å². The number of carbonyl (C=O) groups is 1. The van der Waals surface area contributed by atoms with Gasteiger partial charge < -0.3 is 14.8 Å². The lowest BCUT2D eigenvalue weighted by Gasteiger charge is -2.15. The first-order chi connectivity index (χ1) is 16.5. The lowest BCUT2D eigenvalue weighted by Crippen LogP contribution is -2.37. The van der Waals surface area contributed by atoms with E-state index in [1.165, 1.54) is 0 Å². The minimum atomic E-state index is -0.657. The van der Waals surface area contributed by atoms with Crippen LogP contribution in [0.25, 0.3) is 38.1 Å². The van der Waals surface area contributed by atoms with Gasteiger partial charge in [0.2, 0.25) is 0 Å². The Kier molecular flexibility index (Phi) is 5.79. The van der Waals surface area contributed by atoms with Gasteiger partial charge in [0.05, 0.1) is 22.7 Å². The third kappa shape index (κ3) is 3.82. The Morgan fingerprint density at radius 2 is 1.82 bits per heavy atom. The minimum Gasteiger partial charge on any atom is -0.481 e. The molecule has 0 aliphatic heterocycles. The van der Waals surface area contributed by atoms with Gasteiger partial charge in [-0.15, -0.1) is 0 Å².